The number of carbonyl (C=O) groups is 1. The fourth-order valence-corrected chi connectivity index (χ4v) is 1.72. The Labute approximate surface area is 119 Å². The maximum atomic E-state index is 12.6. The van der Waals surface area contributed by atoms with E-state index >= 15 is 0 Å². The van der Waals surface area contributed by atoms with Gasteiger partial charge in [0.15, 0.2) is 16.1 Å². The smallest absolute Gasteiger partial charge is 0.433 e. The lowest BCUT2D eigenvalue weighted by Gasteiger charge is -2.11. The molecule has 0 aliphatic heterocycles. The predicted octanol–water partition coefficient (Wildman–Crippen LogP) is 3.29. The molecule has 2 heterocycles. The molecule has 0 fully saturated rings. The molecule has 0 saturated carbocycles. The topological polar surface area (TPSA) is 68.0 Å². The van der Waals surface area contributed by atoms with Crippen LogP contribution in [-0.2, 0) is 6.18 Å². The minimum absolute atomic E-state index is 0.179. The first-order valence-electron chi connectivity index (χ1n) is 4.92. The Morgan fingerprint density at radius 2 is 1.95 bits per heavy atom. The lowest BCUT2D eigenvalue weighted by Crippen LogP contribution is -2.14. The molecule has 0 bridgehead atoms. The fraction of sp³-hybridized carbons (Fsp3) is 0.100. The third-order valence-electron chi connectivity index (χ3n) is 2.29. The molecule has 0 aliphatic carbocycles. The molecule has 5 nitrogen and oxygen atoms in total. The first kappa shape index (κ1) is 14.6. The predicted molar refractivity (Wildman–Crippen MR) is 63.3 cm³/mol. The van der Waals surface area contributed by atoms with E-state index in [1.165, 1.54) is 0 Å². The molecule has 2 aromatic rings. The van der Waals surface area contributed by atoms with E-state index in [0.29, 0.717) is 6.07 Å². The van der Waals surface area contributed by atoms with E-state index in [-0.39, 0.29) is 10.3 Å². The Morgan fingerprint density at radius 1 is 1.30 bits per heavy atom. The quantitative estimate of drug-likeness (QED) is 0.919. The summed E-state index contributed by atoms with van der Waals surface area (Å²) in [6, 6.07) is 1.36. The number of hydrogen-bond donors (Lipinski definition) is 1. The van der Waals surface area contributed by atoms with Gasteiger partial charge in [-0.3, -0.25) is 4.57 Å². The molecular formula is C10H4Cl2F3N3O2. The number of halogens is 5. The second kappa shape index (κ2) is 4.95. The van der Waals surface area contributed by atoms with Gasteiger partial charge in [-0.1, -0.05) is 23.2 Å². The van der Waals surface area contributed by atoms with Gasteiger partial charge in [-0.15, -0.1) is 0 Å². The number of alkyl halides is 3. The van der Waals surface area contributed by atoms with Gasteiger partial charge in [-0.2, -0.15) is 13.2 Å². The van der Waals surface area contributed by atoms with Gasteiger partial charge in [-0.25, -0.2) is 14.8 Å². The molecule has 2 rings (SSSR count). The number of imidazole rings is 1. The molecule has 2 aromatic heterocycles. The Morgan fingerprint density at radius 3 is 2.40 bits per heavy atom. The minimum atomic E-state index is -4.72. The third kappa shape index (κ3) is 2.56. The molecule has 0 atom stereocenters. The molecular weight excluding hydrogens is 322 g/mol. The van der Waals surface area contributed by atoms with Gasteiger partial charge >= 0.3 is 12.1 Å². The number of hydrogen-bond acceptors (Lipinski definition) is 3. The summed E-state index contributed by atoms with van der Waals surface area (Å²) >= 11 is 11.3. The highest BCUT2D eigenvalue weighted by Crippen LogP contribution is 2.31. The van der Waals surface area contributed by atoms with Crippen LogP contribution in [0.4, 0.5) is 13.2 Å². The highest BCUT2D eigenvalue weighted by Gasteiger charge is 2.34. The maximum absolute atomic E-state index is 12.6. The van der Waals surface area contributed by atoms with Crippen molar-refractivity contribution in [2.24, 2.45) is 0 Å². The van der Waals surface area contributed by atoms with E-state index < -0.39 is 29.2 Å². The van der Waals surface area contributed by atoms with Crippen LogP contribution in [-0.4, -0.2) is 25.6 Å². The van der Waals surface area contributed by atoms with Crippen molar-refractivity contribution < 1.29 is 23.1 Å². The second-order valence-corrected chi connectivity index (χ2v) is 4.28. The summed E-state index contributed by atoms with van der Waals surface area (Å²) in [5.74, 6) is -1.97. The number of nitrogens with zero attached hydrogens (tertiary/aromatic N) is 3. The van der Waals surface area contributed by atoms with Crippen molar-refractivity contribution in [3.05, 3.63) is 40.0 Å². The van der Waals surface area contributed by atoms with Crippen LogP contribution < -0.4 is 0 Å². The number of rotatable bonds is 2. The van der Waals surface area contributed by atoms with E-state index in [9.17, 15) is 18.0 Å². The highest BCUT2D eigenvalue weighted by molar-refractivity contribution is 6.40. The number of carboxylic acid groups (broad SMARTS) is 1. The summed E-state index contributed by atoms with van der Waals surface area (Å²) in [5.41, 5.74) is -1.72. The summed E-state index contributed by atoms with van der Waals surface area (Å²) in [7, 11) is 0. The van der Waals surface area contributed by atoms with Crippen molar-refractivity contribution in [1.82, 2.24) is 14.5 Å². The van der Waals surface area contributed by atoms with Crippen molar-refractivity contribution in [2.75, 3.05) is 0 Å². The number of carboxylic acids is 1. The van der Waals surface area contributed by atoms with Gasteiger partial charge in [0, 0.05) is 0 Å². The minimum Gasteiger partial charge on any atom is -0.478 e. The van der Waals surface area contributed by atoms with Crippen molar-refractivity contribution >= 4 is 29.2 Å². The molecule has 1 N–H and O–H groups in total. The molecule has 0 saturated heterocycles. The van der Waals surface area contributed by atoms with Crippen LogP contribution in [0.3, 0.4) is 0 Å². The molecule has 0 unspecified atom stereocenters. The van der Waals surface area contributed by atoms with E-state index in [1.54, 1.807) is 0 Å². The summed E-state index contributed by atoms with van der Waals surface area (Å²) in [6.45, 7) is 0. The Hall–Kier alpha value is -1.80. The number of pyridine rings is 1. The van der Waals surface area contributed by atoms with Gasteiger partial charge in [0.2, 0.25) is 0 Å². The summed E-state index contributed by atoms with van der Waals surface area (Å²) < 4.78 is 38.7. The lowest BCUT2D eigenvalue weighted by molar-refractivity contribution is -0.141. The molecule has 0 amide bonds. The van der Waals surface area contributed by atoms with Crippen LogP contribution >= 0.6 is 23.2 Å². The molecule has 106 valence electrons. The summed E-state index contributed by atoms with van der Waals surface area (Å²) in [4.78, 5) is 17.9. The van der Waals surface area contributed by atoms with Crippen LogP contribution in [0.25, 0.3) is 5.82 Å². The van der Waals surface area contributed by atoms with Gasteiger partial charge in [0.25, 0.3) is 0 Å². The van der Waals surface area contributed by atoms with Crippen LogP contribution in [0.1, 0.15) is 16.1 Å². The molecule has 0 aromatic carbocycles. The van der Waals surface area contributed by atoms with Crippen LogP contribution in [0, 0.1) is 0 Å². The zero-order valence-corrected chi connectivity index (χ0v) is 10.8. The molecule has 10 heteroatoms. The van der Waals surface area contributed by atoms with E-state index in [4.69, 9.17) is 28.3 Å². The second-order valence-electron chi connectivity index (χ2n) is 3.57. The first-order chi connectivity index (χ1) is 9.21. The molecule has 0 spiro atoms. The number of aromatic carboxylic acids is 1. The summed E-state index contributed by atoms with van der Waals surface area (Å²) in [5, 5.41) is 8.57. The van der Waals surface area contributed by atoms with Crippen molar-refractivity contribution in [1.29, 1.82) is 0 Å². The van der Waals surface area contributed by atoms with Gasteiger partial charge in [-0.05, 0) is 12.1 Å². The van der Waals surface area contributed by atoms with Crippen LogP contribution in [0.15, 0.2) is 18.5 Å². The fourth-order valence-electron chi connectivity index (χ4n) is 1.42. The van der Waals surface area contributed by atoms with Crippen molar-refractivity contribution in [3.8, 4) is 5.82 Å². The van der Waals surface area contributed by atoms with Gasteiger partial charge < -0.3 is 5.11 Å². The SMILES string of the molecule is O=C(O)c1ccc(C(F)(F)F)nc1-n1cnc(Cl)c1Cl. The van der Waals surface area contributed by atoms with Gasteiger partial charge in [0.05, 0.1) is 0 Å². The first-order valence-corrected chi connectivity index (χ1v) is 5.67. The van der Waals surface area contributed by atoms with E-state index in [1.807, 2.05) is 0 Å². The Kier molecular flexibility index (Phi) is 3.61. The zero-order valence-electron chi connectivity index (χ0n) is 9.32. The average Bonchev–Trinajstić information content (AvgIpc) is 2.68. The van der Waals surface area contributed by atoms with Crippen molar-refractivity contribution in [2.45, 2.75) is 6.18 Å². The van der Waals surface area contributed by atoms with E-state index in [2.05, 4.69) is 9.97 Å². The van der Waals surface area contributed by atoms with Crippen LogP contribution in [0.2, 0.25) is 10.3 Å². The monoisotopic (exact) mass is 325 g/mol. The molecule has 0 aliphatic rings. The van der Waals surface area contributed by atoms with Gasteiger partial charge in [0.1, 0.15) is 17.6 Å². The van der Waals surface area contributed by atoms with Crippen LogP contribution in [0.5, 0.6) is 0 Å². The summed E-state index contributed by atoms with van der Waals surface area (Å²) in [6.07, 6.45) is -3.73. The third-order valence-corrected chi connectivity index (χ3v) is 3.03. The lowest BCUT2D eigenvalue weighted by atomic mass is 10.2. The Balaban J connectivity index is 2.71. The molecule has 0 radical (unpaired) electrons. The zero-order chi connectivity index (χ0) is 15.1. The normalized spacial score (nSPS) is 11.7. The number of aromatic nitrogens is 3. The largest absolute Gasteiger partial charge is 0.478 e. The maximum Gasteiger partial charge on any atom is 0.433 e. The Bertz CT molecular complexity index is 685. The standard InChI is InChI=1S/C10H4Cl2F3N3O2/c11-6-7(12)18(3-16-6)8-4(9(19)20)1-2-5(17-8)10(13,14)15/h1-3H,(H,19,20). The highest BCUT2D eigenvalue weighted by atomic mass is 35.5. The van der Waals surface area contributed by atoms with Crippen molar-refractivity contribution in [3.63, 3.8) is 0 Å². The van der Waals surface area contributed by atoms with E-state index in [0.717, 1.165) is 17.0 Å². The average molecular weight is 326 g/mol. The molecule has 20 heavy (non-hydrogen) atoms.